The monoisotopic (exact) mass is 463 g/mol. The number of rotatable bonds is 6. The van der Waals surface area contributed by atoms with Gasteiger partial charge in [-0.2, -0.15) is 0 Å². The number of hydrogen-bond donors (Lipinski definition) is 2. The maximum absolute atomic E-state index is 13.2. The number of halogens is 2. The molecule has 0 bridgehead atoms. The molecule has 0 radical (unpaired) electrons. The van der Waals surface area contributed by atoms with Crippen molar-refractivity contribution in [3.8, 4) is 0 Å². The molecule has 5 nitrogen and oxygen atoms in total. The average molecular weight is 464 g/mol. The van der Waals surface area contributed by atoms with Gasteiger partial charge in [0.05, 0.1) is 16.8 Å². The second-order valence-electron chi connectivity index (χ2n) is 7.27. The number of benzene rings is 3. The number of pyridine rings is 1. The van der Waals surface area contributed by atoms with Gasteiger partial charge in [0.1, 0.15) is 6.04 Å². The fourth-order valence-corrected chi connectivity index (χ4v) is 3.60. The van der Waals surface area contributed by atoms with Crippen molar-refractivity contribution < 1.29 is 9.59 Å². The number of carbonyl (C=O) groups excluding carboxylic acids is 2. The standard InChI is InChI=1S/C25H19Cl2N3O2/c1-15(25(32)30-19-10-7-17(26)8-11-19)29-23-20-12-9-18(27)13-22(20)28-14-21(23)24(31)16-5-3-2-4-6-16/h2-15H,1H3,(H,28,29)(H,30,32). The molecule has 1 amide bonds. The van der Waals surface area contributed by atoms with Gasteiger partial charge in [-0.05, 0) is 49.4 Å². The van der Waals surface area contributed by atoms with Gasteiger partial charge in [0.2, 0.25) is 5.91 Å². The van der Waals surface area contributed by atoms with Crippen LogP contribution in [0, 0.1) is 0 Å². The number of nitrogens with one attached hydrogen (secondary N) is 2. The van der Waals surface area contributed by atoms with Crippen molar-refractivity contribution in [1.82, 2.24) is 4.98 Å². The molecule has 0 spiro atoms. The van der Waals surface area contributed by atoms with E-state index in [0.29, 0.717) is 43.4 Å². The van der Waals surface area contributed by atoms with E-state index >= 15 is 0 Å². The Morgan fingerprint density at radius 1 is 0.906 bits per heavy atom. The third kappa shape index (κ3) is 4.74. The summed E-state index contributed by atoms with van der Waals surface area (Å²) in [6.07, 6.45) is 1.51. The molecule has 1 aromatic heterocycles. The molecule has 0 saturated carbocycles. The molecule has 1 heterocycles. The molecule has 4 rings (SSSR count). The number of amides is 1. The first-order valence-corrected chi connectivity index (χ1v) is 10.7. The van der Waals surface area contributed by atoms with Crippen LogP contribution in [0.15, 0.2) is 79.0 Å². The smallest absolute Gasteiger partial charge is 0.246 e. The predicted molar refractivity (Wildman–Crippen MR) is 130 cm³/mol. The highest BCUT2D eigenvalue weighted by Gasteiger charge is 2.21. The van der Waals surface area contributed by atoms with Gasteiger partial charge in [-0.25, -0.2) is 0 Å². The van der Waals surface area contributed by atoms with Gasteiger partial charge >= 0.3 is 0 Å². The van der Waals surface area contributed by atoms with Gasteiger partial charge in [-0.1, -0.05) is 53.5 Å². The van der Waals surface area contributed by atoms with E-state index < -0.39 is 6.04 Å². The van der Waals surface area contributed by atoms with E-state index in [1.807, 2.05) is 6.07 Å². The second kappa shape index (κ2) is 9.39. The molecule has 1 unspecified atom stereocenters. The van der Waals surface area contributed by atoms with E-state index in [9.17, 15) is 9.59 Å². The maximum Gasteiger partial charge on any atom is 0.246 e. The maximum atomic E-state index is 13.2. The van der Waals surface area contributed by atoms with Gasteiger partial charge in [0, 0.05) is 32.9 Å². The van der Waals surface area contributed by atoms with Crippen molar-refractivity contribution in [3.63, 3.8) is 0 Å². The van der Waals surface area contributed by atoms with Crippen molar-refractivity contribution >= 4 is 57.2 Å². The molecule has 4 aromatic rings. The van der Waals surface area contributed by atoms with E-state index in [2.05, 4.69) is 15.6 Å². The summed E-state index contributed by atoms with van der Waals surface area (Å²) in [7, 11) is 0. The third-order valence-corrected chi connectivity index (χ3v) is 5.46. The lowest BCUT2D eigenvalue weighted by Crippen LogP contribution is -2.32. The normalized spacial score (nSPS) is 11.7. The minimum absolute atomic E-state index is 0.192. The Balaban J connectivity index is 1.69. The summed E-state index contributed by atoms with van der Waals surface area (Å²) < 4.78 is 0. The fourth-order valence-electron chi connectivity index (χ4n) is 3.31. The highest BCUT2D eigenvalue weighted by Crippen LogP contribution is 2.30. The molecule has 0 fully saturated rings. The number of fused-ring (bicyclic) bond motifs is 1. The molecule has 0 aliphatic heterocycles. The van der Waals surface area contributed by atoms with Gasteiger partial charge in [-0.15, -0.1) is 0 Å². The van der Waals surface area contributed by atoms with Crippen LogP contribution < -0.4 is 10.6 Å². The van der Waals surface area contributed by atoms with Crippen LogP contribution in [-0.2, 0) is 4.79 Å². The van der Waals surface area contributed by atoms with Crippen LogP contribution in [0.1, 0.15) is 22.8 Å². The lowest BCUT2D eigenvalue weighted by atomic mass is 10.00. The molecular formula is C25H19Cl2N3O2. The van der Waals surface area contributed by atoms with Crippen LogP contribution in [0.4, 0.5) is 11.4 Å². The largest absolute Gasteiger partial charge is 0.373 e. The molecule has 0 aliphatic rings. The summed E-state index contributed by atoms with van der Waals surface area (Å²) in [6, 6.07) is 20.4. The average Bonchev–Trinajstić information content (AvgIpc) is 2.80. The van der Waals surface area contributed by atoms with E-state index in [1.54, 1.807) is 73.7 Å². The van der Waals surface area contributed by atoms with Crippen LogP contribution in [0.3, 0.4) is 0 Å². The van der Waals surface area contributed by atoms with E-state index in [-0.39, 0.29) is 11.7 Å². The van der Waals surface area contributed by atoms with Crippen molar-refractivity contribution in [2.45, 2.75) is 13.0 Å². The topological polar surface area (TPSA) is 71.1 Å². The Morgan fingerprint density at radius 2 is 1.59 bits per heavy atom. The van der Waals surface area contributed by atoms with Gasteiger partial charge in [-0.3, -0.25) is 14.6 Å². The lowest BCUT2D eigenvalue weighted by Gasteiger charge is -2.19. The number of aromatic nitrogens is 1. The van der Waals surface area contributed by atoms with E-state index in [4.69, 9.17) is 23.2 Å². The number of anilines is 2. The Labute approximate surface area is 195 Å². The zero-order chi connectivity index (χ0) is 22.7. The van der Waals surface area contributed by atoms with Crippen LogP contribution in [-0.4, -0.2) is 22.7 Å². The molecule has 0 saturated heterocycles. The molecular weight excluding hydrogens is 445 g/mol. The van der Waals surface area contributed by atoms with Gasteiger partial charge in [0.25, 0.3) is 0 Å². The van der Waals surface area contributed by atoms with Crippen LogP contribution in [0.5, 0.6) is 0 Å². The Bertz CT molecular complexity index is 1290. The molecule has 2 N–H and O–H groups in total. The number of ketones is 1. The molecule has 1 atom stereocenters. The Morgan fingerprint density at radius 3 is 2.31 bits per heavy atom. The molecule has 0 aliphatic carbocycles. The van der Waals surface area contributed by atoms with Crippen LogP contribution >= 0.6 is 23.2 Å². The summed E-state index contributed by atoms with van der Waals surface area (Å²) in [5.74, 6) is -0.452. The summed E-state index contributed by atoms with van der Waals surface area (Å²) in [5.41, 5.74) is 2.68. The zero-order valence-corrected chi connectivity index (χ0v) is 18.6. The molecule has 3 aromatic carbocycles. The summed E-state index contributed by atoms with van der Waals surface area (Å²) in [6.45, 7) is 1.73. The first kappa shape index (κ1) is 21.8. The van der Waals surface area contributed by atoms with E-state index in [1.165, 1.54) is 6.20 Å². The predicted octanol–water partition coefficient (Wildman–Crippen LogP) is 6.21. The Hall–Kier alpha value is -3.41. The number of carbonyl (C=O) groups is 2. The fraction of sp³-hybridized carbons (Fsp3) is 0.0800. The molecule has 160 valence electrons. The Kier molecular flexibility index (Phi) is 6.40. The zero-order valence-electron chi connectivity index (χ0n) is 17.1. The first-order valence-electron chi connectivity index (χ1n) is 9.93. The molecule has 32 heavy (non-hydrogen) atoms. The van der Waals surface area contributed by atoms with Crippen LogP contribution in [0.2, 0.25) is 10.0 Å². The highest BCUT2D eigenvalue weighted by molar-refractivity contribution is 6.31. The van der Waals surface area contributed by atoms with Crippen molar-refractivity contribution in [2.24, 2.45) is 0 Å². The second-order valence-corrected chi connectivity index (χ2v) is 8.14. The minimum atomic E-state index is -0.644. The van der Waals surface area contributed by atoms with Crippen LogP contribution in [0.25, 0.3) is 10.9 Å². The number of nitrogens with zero attached hydrogens (tertiary/aromatic N) is 1. The lowest BCUT2D eigenvalue weighted by molar-refractivity contribution is -0.116. The van der Waals surface area contributed by atoms with Crippen molar-refractivity contribution in [1.29, 1.82) is 0 Å². The van der Waals surface area contributed by atoms with Gasteiger partial charge < -0.3 is 10.6 Å². The van der Waals surface area contributed by atoms with Crippen molar-refractivity contribution in [2.75, 3.05) is 10.6 Å². The summed E-state index contributed by atoms with van der Waals surface area (Å²) >= 11 is 12.0. The highest BCUT2D eigenvalue weighted by atomic mass is 35.5. The van der Waals surface area contributed by atoms with Gasteiger partial charge in [0.15, 0.2) is 5.78 Å². The third-order valence-electron chi connectivity index (χ3n) is 4.98. The van der Waals surface area contributed by atoms with E-state index in [0.717, 1.165) is 0 Å². The quantitative estimate of drug-likeness (QED) is 0.333. The molecule has 7 heteroatoms. The first-order chi connectivity index (χ1) is 15.4. The minimum Gasteiger partial charge on any atom is -0.373 e. The van der Waals surface area contributed by atoms with Crippen molar-refractivity contribution in [3.05, 3.63) is 100 Å². The SMILES string of the molecule is CC(Nc1c(C(=O)c2ccccc2)cnc2cc(Cl)ccc12)C(=O)Nc1ccc(Cl)cc1. The summed E-state index contributed by atoms with van der Waals surface area (Å²) in [4.78, 5) is 30.5. The number of hydrogen-bond acceptors (Lipinski definition) is 4. The summed E-state index contributed by atoms with van der Waals surface area (Å²) in [5, 5.41) is 7.87.